The van der Waals surface area contributed by atoms with E-state index in [-0.39, 0.29) is 0 Å². The summed E-state index contributed by atoms with van der Waals surface area (Å²) in [7, 11) is 1.65. The second-order valence-corrected chi connectivity index (χ2v) is 5.69. The molecule has 104 valence electrons. The van der Waals surface area contributed by atoms with Crippen molar-refractivity contribution in [1.29, 1.82) is 0 Å². The normalized spacial score (nSPS) is 28.3. The van der Waals surface area contributed by atoms with Crippen molar-refractivity contribution in [2.24, 2.45) is 11.7 Å². The van der Waals surface area contributed by atoms with Crippen molar-refractivity contribution in [3.05, 3.63) is 23.9 Å². The molecular weight excluding hydrogens is 238 g/mol. The van der Waals surface area contributed by atoms with Crippen LogP contribution >= 0.6 is 0 Å². The maximum absolute atomic E-state index is 6.00. The van der Waals surface area contributed by atoms with Gasteiger partial charge in [-0.15, -0.1) is 0 Å². The number of likely N-dealkylation sites (tertiary alicyclic amines) is 1. The van der Waals surface area contributed by atoms with Crippen molar-refractivity contribution in [3.63, 3.8) is 0 Å². The van der Waals surface area contributed by atoms with Crippen LogP contribution in [0.4, 0.5) is 0 Å². The highest BCUT2D eigenvalue weighted by atomic mass is 16.5. The Kier molecular flexibility index (Phi) is 3.71. The average Bonchev–Trinajstić information content (AvgIpc) is 3.31. The monoisotopic (exact) mass is 261 g/mol. The first-order valence-corrected chi connectivity index (χ1v) is 7.29. The second kappa shape index (κ2) is 5.47. The standard InChI is InChI=1S/C15H23N3O/c1-19-14-7-4-12(10-17-14)15-11(9-16)3-2-8-18(15)13-5-6-13/h4,7,10-11,13,15H,2-3,5-6,8-9,16H2,1H3. The van der Waals surface area contributed by atoms with Crippen molar-refractivity contribution in [3.8, 4) is 5.88 Å². The van der Waals surface area contributed by atoms with Gasteiger partial charge in [-0.25, -0.2) is 4.98 Å². The van der Waals surface area contributed by atoms with Crippen LogP contribution in [0.25, 0.3) is 0 Å². The van der Waals surface area contributed by atoms with E-state index in [2.05, 4.69) is 16.0 Å². The van der Waals surface area contributed by atoms with E-state index in [1.807, 2.05) is 12.3 Å². The highest BCUT2D eigenvalue weighted by molar-refractivity contribution is 5.23. The van der Waals surface area contributed by atoms with Gasteiger partial charge < -0.3 is 10.5 Å². The fourth-order valence-corrected chi connectivity index (χ4v) is 3.32. The van der Waals surface area contributed by atoms with Crippen LogP contribution in [0.2, 0.25) is 0 Å². The van der Waals surface area contributed by atoms with E-state index >= 15 is 0 Å². The van der Waals surface area contributed by atoms with Gasteiger partial charge >= 0.3 is 0 Å². The lowest BCUT2D eigenvalue weighted by Crippen LogP contribution is -2.42. The third kappa shape index (κ3) is 2.60. The zero-order valence-electron chi connectivity index (χ0n) is 11.6. The Hall–Kier alpha value is -1.13. The molecule has 1 saturated carbocycles. The molecule has 0 radical (unpaired) electrons. The van der Waals surface area contributed by atoms with Gasteiger partial charge in [0.1, 0.15) is 0 Å². The van der Waals surface area contributed by atoms with Gasteiger partial charge in [-0.3, -0.25) is 4.90 Å². The quantitative estimate of drug-likeness (QED) is 0.900. The number of pyridine rings is 1. The zero-order chi connectivity index (χ0) is 13.2. The second-order valence-electron chi connectivity index (χ2n) is 5.69. The SMILES string of the molecule is COc1ccc(C2C(CN)CCCN2C2CC2)cn1. The van der Waals surface area contributed by atoms with Gasteiger partial charge in [-0.1, -0.05) is 6.07 Å². The highest BCUT2D eigenvalue weighted by Crippen LogP contribution is 2.42. The molecular formula is C15H23N3O. The van der Waals surface area contributed by atoms with Crippen molar-refractivity contribution >= 4 is 0 Å². The van der Waals surface area contributed by atoms with Crippen LogP contribution in [-0.4, -0.2) is 36.1 Å². The number of piperidine rings is 1. The number of rotatable bonds is 4. The molecule has 3 rings (SSSR count). The van der Waals surface area contributed by atoms with Gasteiger partial charge in [-0.2, -0.15) is 0 Å². The number of hydrogen-bond donors (Lipinski definition) is 1. The van der Waals surface area contributed by atoms with Crippen LogP contribution in [0.5, 0.6) is 5.88 Å². The molecule has 2 N–H and O–H groups in total. The van der Waals surface area contributed by atoms with Crippen LogP contribution in [-0.2, 0) is 0 Å². The summed E-state index contributed by atoms with van der Waals surface area (Å²) in [5.74, 6) is 1.24. The molecule has 2 fully saturated rings. The summed E-state index contributed by atoms with van der Waals surface area (Å²) in [6.07, 6.45) is 7.16. The Morgan fingerprint density at radius 1 is 1.37 bits per heavy atom. The van der Waals surface area contributed by atoms with Crippen molar-refractivity contribution in [2.45, 2.75) is 37.8 Å². The van der Waals surface area contributed by atoms with E-state index < -0.39 is 0 Å². The summed E-state index contributed by atoms with van der Waals surface area (Å²) in [5, 5.41) is 0. The predicted octanol–water partition coefficient (Wildman–Crippen LogP) is 1.96. The molecule has 0 bridgehead atoms. The summed E-state index contributed by atoms with van der Waals surface area (Å²) in [6.45, 7) is 1.97. The minimum absolute atomic E-state index is 0.449. The van der Waals surface area contributed by atoms with Crippen molar-refractivity contribution < 1.29 is 4.74 Å². The number of nitrogens with zero attached hydrogens (tertiary/aromatic N) is 2. The minimum atomic E-state index is 0.449. The lowest BCUT2D eigenvalue weighted by Gasteiger charge is -2.41. The first kappa shape index (κ1) is 12.9. The fraction of sp³-hybridized carbons (Fsp3) is 0.667. The smallest absolute Gasteiger partial charge is 0.212 e. The molecule has 4 nitrogen and oxygen atoms in total. The van der Waals surface area contributed by atoms with Crippen LogP contribution < -0.4 is 10.5 Å². The molecule has 1 saturated heterocycles. The lowest BCUT2D eigenvalue weighted by molar-refractivity contribution is 0.0876. The largest absolute Gasteiger partial charge is 0.481 e. The van der Waals surface area contributed by atoms with E-state index in [1.54, 1.807) is 7.11 Å². The molecule has 0 aromatic carbocycles. The molecule has 1 aromatic heterocycles. The maximum atomic E-state index is 6.00. The van der Waals surface area contributed by atoms with Gasteiger partial charge in [0.25, 0.3) is 0 Å². The molecule has 2 aliphatic rings. The number of aromatic nitrogens is 1. The zero-order valence-corrected chi connectivity index (χ0v) is 11.6. The summed E-state index contributed by atoms with van der Waals surface area (Å²) in [5.41, 5.74) is 7.29. The summed E-state index contributed by atoms with van der Waals surface area (Å²) in [6, 6.07) is 5.34. The molecule has 0 amide bonds. The van der Waals surface area contributed by atoms with Gasteiger partial charge in [0.05, 0.1) is 7.11 Å². The van der Waals surface area contributed by atoms with Gasteiger partial charge in [0, 0.05) is 24.3 Å². The topological polar surface area (TPSA) is 51.4 Å². The maximum Gasteiger partial charge on any atom is 0.212 e. The molecule has 4 heteroatoms. The first-order valence-electron chi connectivity index (χ1n) is 7.29. The third-order valence-electron chi connectivity index (χ3n) is 4.42. The average molecular weight is 261 g/mol. The Labute approximate surface area is 115 Å². The van der Waals surface area contributed by atoms with Crippen LogP contribution in [0.15, 0.2) is 18.3 Å². The molecule has 2 unspecified atom stereocenters. The highest BCUT2D eigenvalue weighted by Gasteiger charge is 2.40. The Morgan fingerprint density at radius 2 is 2.21 bits per heavy atom. The van der Waals surface area contributed by atoms with Gasteiger partial charge in [-0.05, 0) is 50.3 Å². The summed E-state index contributed by atoms with van der Waals surface area (Å²) < 4.78 is 5.15. The number of nitrogens with two attached hydrogens (primary N) is 1. The molecule has 2 heterocycles. The lowest BCUT2D eigenvalue weighted by atomic mass is 9.85. The van der Waals surface area contributed by atoms with Crippen molar-refractivity contribution in [2.75, 3.05) is 20.2 Å². The van der Waals surface area contributed by atoms with Crippen LogP contribution in [0, 0.1) is 5.92 Å². The van der Waals surface area contributed by atoms with E-state index in [0.29, 0.717) is 17.8 Å². The minimum Gasteiger partial charge on any atom is -0.481 e. The fourth-order valence-electron chi connectivity index (χ4n) is 3.32. The summed E-state index contributed by atoms with van der Waals surface area (Å²) in [4.78, 5) is 7.02. The van der Waals surface area contributed by atoms with E-state index in [9.17, 15) is 0 Å². The Morgan fingerprint density at radius 3 is 2.79 bits per heavy atom. The third-order valence-corrected chi connectivity index (χ3v) is 4.42. The molecule has 1 aromatic rings. The van der Waals surface area contributed by atoms with E-state index in [0.717, 1.165) is 12.6 Å². The number of methoxy groups -OCH3 is 1. The number of ether oxygens (including phenoxy) is 1. The predicted molar refractivity (Wildman–Crippen MR) is 75.0 cm³/mol. The number of hydrogen-bond acceptors (Lipinski definition) is 4. The Balaban J connectivity index is 1.86. The van der Waals surface area contributed by atoms with Gasteiger partial charge in [0.15, 0.2) is 0 Å². The molecule has 0 spiro atoms. The van der Waals surface area contributed by atoms with Crippen molar-refractivity contribution in [1.82, 2.24) is 9.88 Å². The molecule has 1 aliphatic heterocycles. The molecule has 19 heavy (non-hydrogen) atoms. The van der Waals surface area contributed by atoms with Crippen LogP contribution in [0.1, 0.15) is 37.3 Å². The van der Waals surface area contributed by atoms with Crippen LogP contribution in [0.3, 0.4) is 0 Å². The summed E-state index contributed by atoms with van der Waals surface area (Å²) >= 11 is 0. The van der Waals surface area contributed by atoms with E-state index in [1.165, 1.54) is 37.8 Å². The Bertz CT molecular complexity index is 416. The molecule has 1 aliphatic carbocycles. The van der Waals surface area contributed by atoms with Gasteiger partial charge in [0.2, 0.25) is 5.88 Å². The first-order chi connectivity index (χ1) is 9.33. The molecule has 2 atom stereocenters. The van der Waals surface area contributed by atoms with E-state index in [4.69, 9.17) is 10.5 Å².